The molecule has 0 radical (unpaired) electrons. The van der Waals surface area contributed by atoms with Crippen molar-refractivity contribution in [3.63, 3.8) is 0 Å². The van der Waals surface area contributed by atoms with Gasteiger partial charge >= 0.3 is 53.2 Å². The van der Waals surface area contributed by atoms with Crippen molar-refractivity contribution in [2.24, 2.45) is 0 Å². The third-order valence-corrected chi connectivity index (χ3v) is 1.66. The van der Waals surface area contributed by atoms with Crippen LogP contribution in [-0.4, -0.2) is 17.4 Å². The summed E-state index contributed by atoms with van der Waals surface area (Å²) in [4.78, 5) is 0. The van der Waals surface area contributed by atoms with E-state index in [-0.39, 0.29) is 31.1 Å². The predicted molar refractivity (Wildman–Crippen MR) is 23.8 cm³/mol. The second-order valence-corrected chi connectivity index (χ2v) is 2.60. The molecule has 1 aliphatic heterocycles. The van der Waals surface area contributed by atoms with Crippen LogP contribution in [0.4, 0.5) is 0 Å². The molecular weight excluding hydrogens is 500 g/mol. The maximum absolute atomic E-state index is 5.06. The van der Waals surface area contributed by atoms with Crippen LogP contribution in [0.3, 0.4) is 0 Å². The van der Waals surface area contributed by atoms with Gasteiger partial charge in [0.1, 0.15) is 0 Å². The van der Waals surface area contributed by atoms with E-state index in [1.807, 2.05) is 0 Å². The van der Waals surface area contributed by atoms with E-state index in [1.165, 1.54) is 19.4 Å². The average Bonchev–Trinajstić information content (AvgIpc) is 1.69. The molecule has 0 aliphatic carbocycles. The molecular formula is C4H6NOUW-. The number of nitrogens with zero attached hydrogens (tertiary/aromatic N) is 1. The van der Waals surface area contributed by atoms with Crippen molar-refractivity contribution < 1.29 is 55.2 Å². The molecule has 0 spiro atoms. The van der Waals surface area contributed by atoms with Crippen LogP contribution in [0.2, 0.25) is 0 Å². The number of hydrogen-bond donors (Lipinski definition) is 0. The van der Waals surface area contributed by atoms with Crippen molar-refractivity contribution in [2.75, 3.05) is 13.2 Å². The first kappa shape index (κ1) is 9.53. The van der Waals surface area contributed by atoms with Crippen molar-refractivity contribution in [2.45, 2.75) is 6.42 Å². The zero-order valence-electron chi connectivity index (χ0n) is 4.39. The Bertz CT molecular complexity index is 80.1. The van der Waals surface area contributed by atoms with E-state index in [4.69, 9.17) is 4.74 Å². The van der Waals surface area contributed by atoms with E-state index in [2.05, 4.69) is 5.32 Å². The van der Waals surface area contributed by atoms with Crippen LogP contribution in [0.5, 0.6) is 0 Å². The molecule has 1 heterocycles. The summed E-state index contributed by atoms with van der Waals surface area (Å²) >= 11 is 1.34. The Balaban J connectivity index is 0.000000490. The van der Waals surface area contributed by atoms with Gasteiger partial charge in [-0.25, -0.2) is 0 Å². The molecule has 2 nitrogen and oxygen atoms in total. The van der Waals surface area contributed by atoms with Gasteiger partial charge in [0.2, 0.25) is 0 Å². The standard InChI is InChI=1S/C4H6NO.U.W/c1-2-5-4-6-3-1;;/h1-3H2;;/q-1;;. The van der Waals surface area contributed by atoms with Crippen molar-refractivity contribution >= 4 is 4.21 Å². The monoisotopic (exact) mass is 506 g/mol. The molecule has 1 rings (SSSR count). The van der Waals surface area contributed by atoms with Crippen LogP contribution in [0.15, 0.2) is 0 Å². The molecule has 0 unspecified atom stereocenters. The average molecular weight is 506 g/mol. The van der Waals surface area contributed by atoms with Gasteiger partial charge in [-0.2, -0.15) is 0 Å². The van der Waals surface area contributed by atoms with E-state index in [9.17, 15) is 0 Å². The minimum absolute atomic E-state index is 0. The van der Waals surface area contributed by atoms with Gasteiger partial charge in [0, 0.05) is 31.1 Å². The van der Waals surface area contributed by atoms with Crippen LogP contribution in [0.1, 0.15) is 6.42 Å². The Hall–Kier alpha value is 1.53. The first-order chi connectivity index (χ1) is 3.39. The van der Waals surface area contributed by atoms with Gasteiger partial charge in [-0.15, -0.1) is 0 Å². The molecule has 44 valence electrons. The molecule has 0 aromatic heterocycles. The van der Waals surface area contributed by atoms with Gasteiger partial charge < -0.3 is 0 Å². The third kappa shape index (κ3) is 3.54. The van der Waals surface area contributed by atoms with Crippen molar-refractivity contribution in [1.29, 1.82) is 0 Å². The van der Waals surface area contributed by atoms with E-state index < -0.39 is 0 Å². The molecule has 0 aromatic rings. The quantitative estimate of drug-likeness (QED) is 0.468. The number of ether oxygens (including phenoxy) is 1. The molecule has 0 saturated carbocycles. The Labute approximate surface area is 83.5 Å². The van der Waals surface area contributed by atoms with Gasteiger partial charge in [-0.3, -0.25) is 0 Å². The normalized spacial score (nSPS) is 19.8. The summed E-state index contributed by atoms with van der Waals surface area (Å²) in [5, 5.41) is 4.06. The molecule has 1 saturated heterocycles. The fourth-order valence-corrected chi connectivity index (χ4v) is 1.07. The second kappa shape index (κ2) is 5.33. The van der Waals surface area contributed by atoms with Crippen LogP contribution in [0.25, 0.3) is 5.32 Å². The van der Waals surface area contributed by atoms with E-state index in [0.29, 0.717) is 0 Å². The van der Waals surface area contributed by atoms with Gasteiger partial charge in [-0.1, -0.05) is 0 Å². The van der Waals surface area contributed by atoms with Crippen LogP contribution in [0, 0.1) is 31.1 Å². The summed E-state index contributed by atoms with van der Waals surface area (Å²) in [7, 11) is 0. The topological polar surface area (TPSA) is 23.3 Å². The predicted octanol–water partition coefficient (Wildman–Crippen LogP) is 0.415. The summed E-state index contributed by atoms with van der Waals surface area (Å²) in [6.45, 7) is 1.85. The molecule has 0 aromatic carbocycles. The molecule has 0 bridgehead atoms. The molecule has 0 N–H and O–H groups in total. The van der Waals surface area contributed by atoms with Gasteiger partial charge in [0.05, 0.1) is 0 Å². The minimum atomic E-state index is 0. The van der Waals surface area contributed by atoms with Crippen molar-refractivity contribution in [1.82, 2.24) is 0 Å². The molecule has 1 aliphatic rings. The van der Waals surface area contributed by atoms with Crippen molar-refractivity contribution in [3.05, 3.63) is 5.32 Å². The summed E-state index contributed by atoms with van der Waals surface area (Å²) in [6.07, 6.45) is 1.09. The summed E-state index contributed by atoms with van der Waals surface area (Å²) in [5.74, 6) is 0. The fraction of sp³-hybridized carbons (Fsp3) is 0.750. The Kier molecular flexibility index (Phi) is 6.34. The third-order valence-electron chi connectivity index (χ3n) is 0.769. The molecule has 0 amide bonds. The zero-order chi connectivity index (χ0) is 5.11. The maximum atomic E-state index is 5.06. The Morgan fingerprint density at radius 2 is 2.38 bits per heavy atom. The Morgan fingerprint density at radius 3 is 2.62 bits per heavy atom. The first-order valence-corrected chi connectivity index (χ1v) is 3.70. The Morgan fingerprint density at radius 1 is 1.62 bits per heavy atom. The van der Waals surface area contributed by atoms with Crippen LogP contribution >= 0.6 is 0 Å². The van der Waals surface area contributed by atoms with E-state index in [1.54, 1.807) is 0 Å². The van der Waals surface area contributed by atoms with E-state index in [0.717, 1.165) is 23.8 Å². The van der Waals surface area contributed by atoms with Crippen LogP contribution < -0.4 is 0 Å². The van der Waals surface area contributed by atoms with Gasteiger partial charge in [0.25, 0.3) is 0 Å². The van der Waals surface area contributed by atoms with Crippen LogP contribution in [-0.2, 0) is 24.1 Å². The van der Waals surface area contributed by atoms with Gasteiger partial charge in [0.15, 0.2) is 0 Å². The second-order valence-electron chi connectivity index (χ2n) is 1.35. The SMILES string of the molecule is [U].[W]=[C]1[N-]CCCO1. The molecule has 0 atom stereocenters. The molecule has 1 fully saturated rings. The van der Waals surface area contributed by atoms with Gasteiger partial charge in [-0.05, 0) is 0 Å². The van der Waals surface area contributed by atoms with E-state index >= 15 is 0 Å². The zero-order valence-corrected chi connectivity index (χ0v) is 11.5. The first-order valence-electron chi connectivity index (χ1n) is 2.24. The summed E-state index contributed by atoms with van der Waals surface area (Å²) in [5.41, 5.74) is 0. The summed E-state index contributed by atoms with van der Waals surface area (Å²) in [6, 6.07) is 0. The fourth-order valence-electron chi connectivity index (χ4n) is 0.440. The molecule has 4 heteroatoms. The number of hydrogen-bond acceptors (Lipinski definition) is 1. The summed E-state index contributed by atoms with van der Waals surface area (Å²) < 4.78 is 5.99. The number of rotatable bonds is 0. The molecule has 8 heavy (non-hydrogen) atoms. The van der Waals surface area contributed by atoms with Crippen molar-refractivity contribution in [3.8, 4) is 0 Å².